The van der Waals surface area contributed by atoms with Gasteiger partial charge >= 0.3 is 0 Å². The first-order chi connectivity index (χ1) is 12.0. The summed E-state index contributed by atoms with van der Waals surface area (Å²) in [5.41, 5.74) is 1.79. The number of nitrogens with one attached hydrogen (secondary N) is 1. The van der Waals surface area contributed by atoms with E-state index in [2.05, 4.69) is 24.1 Å². The van der Waals surface area contributed by atoms with E-state index in [0.29, 0.717) is 18.0 Å². The lowest BCUT2D eigenvalue weighted by molar-refractivity contribution is 0.0954. The van der Waals surface area contributed by atoms with E-state index >= 15 is 0 Å². The highest BCUT2D eigenvalue weighted by atomic mass is 16.5. The zero-order valence-corrected chi connectivity index (χ0v) is 15.5. The summed E-state index contributed by atoms with van der Waals surface area (Å²) in [6.45, 7) is 5.56. The van der Waals surface area contributed by atoms with Gasteiger partial charge in [0, 0.05) is 32.4 Å². The first kappa shape index (κ1) is 18.8. The molecule has 0 bridgehead atoms. The number of aromatic nitrogens is 1. The second kappa shape index (κ2) is 9.06. The molecule has 2 rings (SSSR count). The highest BCUT2D eigenvalue weighted by Gasteiger charge is 2.07. The van der Waals surface area contributed by atoms with Gasteiger partial charge < -0.3 is 15.0 Å². The van der Waals surface area contributed by atoms with Crippen LogP contribution in [0.4, 0.5) is 5.82 Å². The molecule has 0 atom stereocenters. The minimum Gasteiger partial charge on any atom is -0.493 e. The van der Waals surface area contributed by atoms with Gasteiger partial charge in [-0.25, -0.2) is 4.98 Å². The summed E-state index contributed by atoms with van der Waals surface area (Å²) < 4.78 is 5.67. The number of rotatable bonds is 8. The number of ether oxygens (including phenoxy) is 1. The van der Waals surface area contributed by atoms with Gasteiger partial charge in [0.25, 0.3) is 5.91 Å². The number of hydrogen-bond donors (Lipinski definition) is 1. The second-order valence-corrected chi connectivity index (χ2v) is 6.65. The van der Waals surface area contributed by atoms with Crippen LogP contribution in [0.2, 0.25) is 0 Å². The first-order valence-corrected chi connectivity index (χ1v) is 8.59. The van der Waals surface area contributed by atoms with Crippen LogP contribution in [0.3, 0.4) is 0 Å². The van der Waals surface area contributed by atoms with Crippen molar-refractivity contribution >= 4 is 11.7 Å². The molecule has 1 aromatic carbocycles. The molecule has 1 heterocycles. The number of carbonyl (C=O) groups excluding carboxylic acids is 1. The maximum atomic E-state index is 12.2. The number of hydrogen-bond acceptors (Lipinski definition) is 4. The third kappa shape index (κ3) is 6.10. The summed E-state index contributed by atoms with van der Waals surface area (Å²) in [5, 5.41) is 2.95. The first-order valence-electron chi connectivity index (χ1n) is 8.59. The fourth-order valence-corrected chi connectivity index (χ4v) is 2.24. The van der Waals surface area contributed by atoms with Gasteiger partial charge in [-0.3, -0.25) is 4.79 Å². The van der Waals surface area contributed by atoms with Gasteiger partial charge in [0.15, 0.2) is 0 Å². The molecule has 0 aliphatic rings. The monoisotopic (exact) mass is 341 g/mol. The highest BCUT2D eigenvalue weighted by Crippen LogP contribution is 2.14. The number of pyridine rings is 1. The average molecular weight is 341 g/mol. The normalized spacial score (nSPS) is 10.6. The van der Waals surface area contributed by atoms with Gasteiger partial charge in [-0.05, 0) is 42.2 Å². The molecule has 2 aromatic rings. The highest BCUT2D eigenvalue weighted by molar-refractivity contribution is 5.94. The molecule has 1 amide bonds. The van der Waals surface area contributed by atoms with Crippen molar-refractivity contribution in [3.8, 4) is 5.75 Å². The predicted octanol–water partition coefficient (Wildman–Crippen LogP) is 3.15. The van der Waals surface area contributed by atoms with Gasteiger partial charge in [0.05, 0.1) is 6.61 Å². The van der Waals surface area contributed by atoms with Gasteiger partial charge in [-0.15, -0.1) is 0 Å². The van der Waals surface area contributed by atoms with Crippen LogP contribution in [0.15, 0.2) is 42.6 Å². The molecule has 1 N–H and O–H groups in total. The van der Waals surface area contributed by atoms with Crippen molar-refractivity contribution in [2.75, 3.05) is 32.1 Å². The SMILES string of the molecule is CC(C)COc1ccc(CCNC(=O)c2ccnc(N(C)C)c2)cc1. The van der Waals surface area contributed by atoms with Crippen LogP contribution in [-0.4, -0.2) is 38.1 Å². The summed E-state index contributed by atoms with van der Waals surface area (Å²) in [4.78, 5) is 18.3. The van der Waals surface area contributed by atoms with Gasteiger partial charge in [-0.1, -0.05) is 26.0 Å². The molecule has 0 spiro atoms. The smallest absolute Gasteiger partial charge is 0.251 e. The standard InChI is InChI=1S/C20H27N3O2/c1-15(2)14-25-18-7-5-16(6-8-18)9-11-22-20(24)17-10-12-21-19(13-17)23(3)4/h5-8,10,12-13,15H,9,11,14H2,1-4H3,(H,22,24). The average Bonchev–Trinajstić information content (AvgIpc) is 2.61. The third-order valence-electron chi connectivity index (χ3n) is 3.67. The molecule has 1 aromatic heterocycles. The van der Waals surface area contributed by atoms with Gasteiger partial charge in [0.2, 0.25) is 0 Å². The quantitative estimate of drug-likeness (QED) is 0.801. The lowest BCUT2D eigenvalue weighted by Crippen LogP contribution is -2.26. The molecule has 5 nitrogen and oxygen atoms in total. The Morgan fingerprint density at radius 2 is 1.92 bits per heavy atom. The van der Waals surface area contributed by atoms with E-state index in [-0.39, 0.29) is 5.91 Å². The lowest BCUT2D eigenvalue weighted by Gasteiger charge is -2.12. The molecule has 0 aliphatic carbocycles. The molecular formula is C20H27N3O2. The molecule has 0 unspecified atom stereocenters. The van der Waals surface area contributed by atoms with E-state index in [9.17, 15) is 4.79 Å². The number of anilines is 1. The number of amides is 1. The second-order valence-electron chi connectivity index (χ2n) is 6.65. The maximum absolute atomic E-state index is 12.2. The maximum Gasteiger partial charge on any atom is 0.251 e. The molecule has 25 heavy (non-hydrogen) atoms. The van der Waals surface area contributed by atoms with Crippen LogP contribution in [0, 0.1) is 5.92 Å². The van der Waals surface area contributed by atoms with Crippen LogP contribution in [0.25, 0.3) is 0 Å². The molecule has 0 saturated carbocycles. The Morgan fingerprint density at radius 1 is 1.20 bits per heavy atom. The van der Waals surface area contributed by atoms with Crippen molar-refractivity contribution in [3.63, 3.8) is 0 Å². The predicted molar refractivity (Wildman–Crippen MR) is 101 cm³/mol. The molecule has 134 valence electrons. The van der Waals surface area contributed by atoms with Crippen molar-refractivity contribution in [1.82, 2.24) is 10.3 Å². The number of nitrogens with zero attached hydrogens (tertiary/aromatic N) is 2. The van der Waals surface area contributed by atoms with E-state index < -0.39 is 0 Å². The van der Waals surface area contributed by atoms with E-state index in [1.165, 1.54) is 5.56 Å². The summed E-state index contributed by atoms with van der Waals surface area (Å²) in [5.74, 6) is 2.08. The molecule has 0 aliphatic heterocycles. The number of benzene rings is 1. The summed E-state index contributed by atoms with van der Waals surface area (Å²) in [7, 11) is 3.80. The van der Waals surface area contributed by atoms with E-state index in [1.54, 1.807) is 18.3 Å². The fourth-order valence-electron chi connectivity index (χ4n) is 2.24. The van der Waals surface area contributed by atoms with Crippen molar-refractivity contribution in [2.24, 2.45) is 5.92 Å². The molecule has 0 fully saturated rings. The Hall–Kier alpha value is -2.56. The molecular weight excluding hydrogens is 314 g/mol. The van der Waals surface area contributed by atoms with Gasteiger partial charge in [-0.2, -0.15) is 0 Å². The van der Waals surface area contributed by atoms with Crippen molar-refractivity contribution in [2.45, 2.75) is 20.3 Å². The van der Waals surface area contributed by atoms with Crippen molar-refractivity contribution in [1.29, 1.82) is 0 Å². The fraction of sp³-hybridized carbons (Fsp3) is 0.400. The summed E-state index contributed by atoms with van der Waals surface area (Å²) >= 11 is 0. The zero-order chi connectivity index (χ0) is 18.2. The van der Waals surface area contributed by atoms with E-state index in [4.69, 9.17) is 4.74 Å². The third-order valence-corrected chi connectivity index (χ3v) is 3.67. The van der Waals surface area contributed by atoms with Crippen molar-refractivity contribution < 1.29 is 9.53 Å². The molecule has 0 saturated heterocycles. The summed E-state index contributed by atoms with van der Waals surface area (Å²) in [6, 6.07) is 11.5. The Bertz CT molecular complexity index is 682. The lowest BCUT2D eigenvalue weighted by atomic mass is 10.1. The van der Waals surface area contributed by atoms with Crippen LogP contribution < -0.4 is 15.0 Å². The molecule has 5 heteroatoms. The largest absolute Gasteiger partial charge is 0.493 e. The molecule has 0 radical (unpaired) electrons. The van der Waals surface area contributed by atoms with E-state index in [0.717, 1.165) is 24.6 Å². The minimum atomic E-state index is -0.0811. The van der Waals surface area contributed by atoms with Crippen LogP contribution >= 0.6 is 0 Å². The van der Waals surface area contributed by atoms with E-state index in [1.807, 2.05) is 43.3 Å². The minimum absolute atomic E-state index is 0.0811. The topological polar surface area (TPSA) is 54.5 Å². The van der Waals surface area contributed by atoms with Crippen LogP contribution in [-0.2, 0) is 6.42 Å². The van der Waals surface area contributed by atoms with Crippen molar-refractivity contribution in [3.05, 3.63) is 53.7 Å². The Labute approximate surface area is 150 Å². The number of carbonyl (C=O) groups is 1. The Balaban J connectivity index is 1.82. The Morgan fingerprint density at radius 3 is 2.56 bits per heavy atom. The zero-order valence-electron chi connectivity index (χ0n) is 15.5. The van der Waals surface area contributed by atoms with Crippen LogP contribution in [0.1, 0.15) is 29.8 Å². The van der Waals surface area contributed by atoms with Gasteiger partial charge in [0.1, 0.15) is 11.6 Å². The van der Waals surface area contributed by atoms with Crippen LogP contribution in [0.5, 0.6) is 5.75 Å². The summed E-state index contributed by atoms with van der Waals surface area (Å²) in [6.07, 6.45) is 2.43. The Kier molecular flexibility index (Phi) is 6.81.